The van der Waals surface area contributed by atoms with Crippen LogP contribution in [0.5, 0.6) is 0 Å². The summed E-state index contributed by atoms with van der Waals surface area (Å²) in [5, 5.41) is 3.50. The number of nitrogens with zero attached hydrogens (tertiary/aromatic N) is 2. The lowest BCUT2D eigenvalue weighted by molar-refractivity contribution is -0.140. The van der Waals surface area contributed by atoms with Gasteiger partial charge in [0.1, 0.15) is 12.6 Å². The maximum absolute atomic E-state index is 14.6. The van der Waals surface area contributed by atoms with Gasteiger partial charge in [-0.25, -0.2) is 8.42 Å². The van der Waals surface area contributed by atoms with Crippen LogP contribution < -0.4 is 9.62 Å². The van der Waals surface area contributed by atoms with E-state index in [0.29, 0.717) is 33.4 Å². The summed E-state index contributed by atoms with van der Waals surface area (Å²) in [6.45, 7) is 7.04. The molecule has 0 saturated carbocycles. The van der Waals surface area contributed by atoms with Crippen molar-refractivity contribution < 1.29 is 18.0 Å². The van der Waals surface area contributed by atoms with Crippen molar-refractivity contribution >= 4 is 50.7 Å². The van der Waals surface area contributed by atoms with Gasteiger partial charge in [-0.05, 0) is 74.7 Å². The zero-order chi connectivity index (χ0) is 32.7. The maximum atomic E-state index is 14.6. The van der Waals surface area contributed by atoms with Crippen LogP contribution in [-0.2, 0) is 32.6 Å². The van der Waals surface area contributed by atoms with Gasteiger partial charge >= 0.3 is 0 Å². The second kappa shape index (κ2) is 15.0. The van der Waals surface area contributed by atoms with E-state index in [1.807, 2.05) is 57.2 Å². The summed E-state index contributed by atoms with van der Waals surface area (Å²) in [7, 11) is -4.21. The number of carbonyl (C=O) groups excluding carboxylic acids is 2. The number of hydrogen-bond acceptors (Lipinski definition) is 4. The zero-order valence-electron chi connectivity index (χ0n) is 25.8. The summed E-state index contributed by atoms with van der Waals surface area (Å²) in [6.07, 6.45) is 0.189. The molecule has 0 spiro atoms. The quantitative estimate of drug-likeness (QED) is 0.179. The highest BCUT2D eigenvalue weighted by molar-refractivity contribution is 7.92. The lowest BCUT2D eigenvalue weighted by Crippen LogP contribution is -2.53. The molecule has 236 valence electrons. The predicted octanol–water partition coefficient (Wildman–Crippen LogP) is 6.89. The Morgan fingerprint density at radius 3 is 2.07 bits per heavy atom. The molecule has 0 aliphatic carbocycles. The fourth-order valence-electron chi connectivity index (χ4n) is 5.06. The second-order valence-corrected chi connectivity index (χ2v) is 13.5. The first-order valence-corrected chi connectivity index (χ1v) is 16.8. The number of rotatable bonds is 12. The number of sulfonamides is 1. The molecule has 4 rings (SSSR count). The number of likely N-dealkylation sites (N-methyl/N-ethyl adjacent to an activating group) is 1. The highest BCUT2D eigenvalue weighted by atomic mass is 35.5. The molecule has 0 unspecified atom stereocenters. The Morgan fingerprint density at radius 1 is 0.822 bits per heavy atom. The molecule has 0 bridgehead atoms. The molecule has 0 saturated heterocycles. The van der Waals surface area contributed by atoms with Crippen molar-refractivity contribution in [2.45, 2.75) is 51.6 Å². The van der Waals surface area contributed by atoms with Crippen molar-refractivity contribution in [3.63, 3.8) is 0 Å². The van der Waals surface area contributed by atoms with Crippen molar-refractivity contribution in [1.29, 1.82) is 0 Å². The lowest BCUT2D eigenvalue weighted by Gasteiger charge is -2.34. The van der Waals surface area contributed by atoms with E-state index in [2.05, 4.69) is 5.32 Å². The van der Waals surface area contributed by atoms with E-state index in [1.165, 1.54) is 17.0 Å². The number of halogens is 2. The zero-order valence-corrected chi connectivity index (χ0v) is 28.1. The van der Waals surface area contributed by atoms with E-state index in [-0.39, 0.29) is 23.8 Å². The number of hydrogen-bond donors (Lipinski definition) is 1. The van der Waals surface area contributed by atoms with Crippen LogP contribution in [0.15, 0.2) is 95.9 Å². The minimum atomic E-state index is -4.21. The third-order valence-electron chi connectivity index (χ3n) is 7.74. The first kappa shape index (κ1) is 34.0. The van der Waals surface area contributed by atoms with E-state index in [9.17, 15) is 18.0 Å². The van der Waals surface area contributed by atoms with Crippen LogP contribution in [0.1, 0.15) is 34.7 Å². The molecule has 2 amide bonds. The molecule has 4 aromatic carbocycles. The van der Waals surface area contributed by atoms with E-state index in [1.54, 1.807) is 49.4 Å². The molecule has 0 radical (unpaired) electrons. The Morgan fingerprint density at radius 2 is 1.44 bits per heavy atom. The topological polar surface area (TPSA) is 86.8 Å². The highest BCUT2D eigenvalue weighted by Crippen LogP contribution is 2.31. The van der Waals surface area contributed by atoms with Crippen LogP contribution in [0.3, 0.4) is 0 Å². The van der Waals surface area contributed by atoms with Gasteiger partial charge < -0.3 is 10.2 Å². The number of aryl methyl sites for hydroxylation is 2. The van der Waals surface area contributed by atoms with Crippen LogP contribution in [-0.4, -0.2) is 44.3 Å². The summed E-state index contributed by atoms with van der Waals surface area (Å²) in [5.41, 5.74) is 4.14. The largest absolute Gasteiger partial charge is 0.355 e. The van der Waals surface area contributed by atoms with E-state index < -0.39 is 28.5 Å². The van der Waals surface area contributed by atoms with E-state index in [0.717, 1.165) is 21.0 Å². The predicted molar refractivity (Wildman–Crippen MR) is 181 cm³/mol. The molecular formula is C35H37Cl2N3O4S. The molecule has 4 aromatic rings. The molecule has 1 atom stereocenters. The Balaban J connectivity index is 1.86. The van der Waals surface area contributed by atoms with Crippen molar-refractivity contribution in [1.82, 2.24) is 10.2 Å². The fourth-order valence-corrected chi connectivity index (χ4v) is 7.04. The maximum Gasteiger partial charge on any atom is 0.264 e. The van der Waals surface area contributed by atoms with Gasteiger partial charge in [0.05, 0.1) is 10.6 Å². The summed E-state index contributed by atoms with van der Waals surface area (Å²) >= 11 is 13.1. The van der Waals surface area contributed by atoms with E-state index in [4.69, 9.17) is 23.2 Å². The molecule has 0 aliphatic rings. The van der Waals surface area contributed by atoms with Gasteiger partial charge in [-0.1, -0.05) is 89.4 Å². The smallest absolute Gasteiger partial charge is 0.264 e. The molecule has 1 N–H and O–H groups in total. The molecule has 0 heterocycles. The van der Waals surface area contributed by atoms with Crippen LogP contribution in [0.4, 0.5) is 5.69 Å². The Kier molecular flexibility index (Phi) is 11.3. The number of amides is 2. The van der Waals surface area contributed by atoms with Crippen LogP contribution in [0.25, 0.3) is 0 Å². The highest BCUT2D eigenvalue weighted by Gasteiger charge is 2.35. The van der Waals surface area contributed by atoms with Gasteiger partial charge in [0, 0.05) is 35.1 Å². The average molecular weight is 667 g/mol. The monoisotopic (exact) mass is 665 g/mol. The fraction of sp³-hybridized carbons (Fsp3) is 0.257. The van der Waals surface area contributed by atoms with Gasteiger partial charge in [0.2, 0.25) is 11.8 Å². The van der Waals surface area contributed by atoms with Gasteiger partial charge in [-0.2, -0.15) is 0 Å². The first-order valence-electron chi connectivity index (χ1n) is 14.6. The minimum absolute atomic E-state index is 0.0482. The molecular weight excluding hydrogens is 629 g/mol. The molecule has 7 nitrogen and oxygen atoms in total. The van der Waals surface area contributed by atoms with Gasteiger partial charge in [0.15, 0.2) is 0 Å². The van der Waals surface area contributed by atoms with Crippen molar-refractivity contribution in [3.05, 3.63) is 129 Å². The lowest BCUT2D eigenvalue weighted by atomic mass is 10.0. The second-order valence-electron chi connectivity index (χ2n) is 10.9. The molecule has 0 aromatic heterocycles. The summed E-state index contributed by atoms with van der Waals surface area (Å²) in [6, 6.07) is 25.2. The van der Waals surface area contributed by atoms with Gasteiger partial charge in [-0.15, -0.1) is 0 Å². The Hall–Kier alpha value is -3.85. The third kappa shape index (κ3) is 8.06. The summed E-state index contributed by atoms with van der Waals surface area (Å²) in [4.78, 5) is 29.7. The number of anilines is 1. The Bertz CT molecular complexity index is 1740. The van der Waals surface area contributed by atoms with Crippen molar-refractivity contribution in [3.8, 4) is 0 Å². The third-order valence-corrected chi connectivity index (χ3v) is 10.2. The molecule has 0 fully saturated rings. The van der Waals surface area contributed by atoms with Crippen molar-refractivity contribution in [2.75, 3.05) is 17.4 Å². The van der Waals surface area contributed by atoms with Crippen LogP contribution in [0, 0.1) is 20.8 Å². The number of benzene rings is 4. The number of carbonyl (C=O) groups is 2. The van der Waals surface area contributed by atoms with Crippen molar-refractivity contribution in [2.24, 2.45) is 0 Å². The molecule has 10 heteroatoms. The van der Waals surface area contributed by atoms with Crippen LogP contribution >= 0.6 is 23.2 Å². The van der Waals surface area contributed by atoms with Gasteiger partial charge in [0.25, 0.3) is 10.0 Å². The normalized spacial score (nSPS) is 12.0. The molecule has 0 aliphatic heterocycles. The molecule has 45 heavy (non-hydrogen) atoms. The minimum Gasteiger partial charge on any atom is -0.355 e. The van der Waals surface area contributed by atoms with Gasteiger partial charge in [-0.3, -0.25) is 13.9 Å². The van der Waals surface area contributed by atoms with Crippen LogP contribution in [0.2, 0.25) is 10.0 Å². The Labute approximate surface area is 275 Å². The number of nitrogens with one attached hydrogen (secondary N) is 1. The van der Waals surface area contributed by atoms with E-state index >= 15 is 0 Å². The summed E-state index contributed by atoms with van der Waals surface area (Å²) in [5.74, 6) is -0.965. The standard InChI is InChI=1S/C35H37Cl2N3O4S/c1-5-38-35(42)33(21-27-12-7-6-8-13-27)39(22-29-30(36)14-10-15-31(29)37)34(41)23-40(32-16-9-11-25(3)26(32)4)45(43,44)28-19-17-24(2)18-20-28/h6-20,33H,5,21-23H2,1-4H3,(H,38,42)/t33-/m1/s1. The summed E-state index contributed by atoms with van der Waals surface area (Å²) < 4.78 is 29.7. The first-order chi connectivity index (χ1) is 21.4. The average Bonchev–Trinajstić information content (AvgIpc) is 3.01. The SMILES string of the molecule is CCNC(=O)[C@@H](Cc1ccccc1)N(Cc1c(Cl)cccc1Cl)C(=O)CN(c1cccc(C)c1C)S(=O)(=O)c1ccc(C)cc1.